The van der Waals surface area contributed by atoms with Crippen LogP contribution in [0.3, 0.4) is 0 Å². The summed E-state index contributed by atoms with van der Waals surface area (Å²) < 4.78 is 32.7. The van der Waals surface area contributed by atoms with Gasteiger partial charge in [0.15, 0.2) is 0 Å². The zero-order valence-corrected chi connectivity index (χ0v) is 21.1. The van der Waals surface area contributed by atoms with Crippen molar-refractivity contribution in [3.05, 3.63) is 70.6 Å². The lowest BCUT2D eigenvalue weighted by Crippen LogP contribution is -2.31. The van der Waals surface area contributed by atoms with Crippen molar-refractivity contribution in [3.63, 3.8) is 0 Å². The van der Waals surface area contributed by atoms with Crippen LogP contribution in [0.4, 0.5) is 5.69 Å². The number of sulfonamides is 1. The number of amides is 1. The molecule has 7 nitrogen and oxygen atoms in total. The molecule has 176 valence electrons. The minimum absolute atomic E-state index is 0.199. The maximum atomic E-state index is 13.1. The summed E-state index contributed by atoms with van der Waals surface area (Å²) in [6.07, 6.45) is 0. The van der Waals surface area contributed by atoms with Crippen LogP contribution in [-0.4, -0.2) is 36.9 Å². The fourth-order valence-electron chi connectivity index (χ4n) is 3.49. The molecule has 3 aromatic rings. The van der Waals surface area contributed by atoms with E-state index in [2.05, 4.69) is 10.5 Å². The third kappa shape index (κ3) is 5.48. The van der Waals surface area contributed by atoms with Crippen molar-refractivity contribution in [2.45, 2.75) is 50.2 Å². The van der Waals surface area contributed by atoms with Gasteiger partial charge in [-0.2, -0.15) is 4.31 Å². The fourth-order valence-corrected chi connectivity index (χ4v) is 6.41. The van der Waals surface area contributed by atoms with E-state index in [1.165, 1.54) is 22.1 Å². The van der Waals surface area contributed by atoms with Crippen molar-refractivity contribution in [1.82, 2.24) is 9.46 Å². The number of hydrogen-bond donors (Lipinski definition) is 1. The molecule has 0 aliphatic rings. The summed E-state index contributed by atoms with van der Waals surface area (Å²) in [6.45, 7) is 9.89. The summed E-state index contributed by atoms with van der Waals surface area (Å²) in [5.74, 6) is 1.10. The number of anilines is 1. The zero-order valence-electron chi connectivity index (χ0n) is 19.5. The Kier molecular flexibility index (Phi) is 7.99. The van der Waals surface area contributed by atoms with Gasteiger partial charge in [-0.15, -0.1) is 11.8 Å². The molecule has 9 heteroatoms. The van der Waals surface area contributed by atoms with Gasteiger partial charge in [0, 0.05) is 35.0 Å². The van der Waals surface area contributed by atoms with Gasteiger partial charge in [-0.1, -0.05) is 37.2 Å². The van der Waals surface area contributed by atoms with Crippen molar-refractivity contribution < 1.29 is 17.7 Å². The highest BCUT2D eigenvalue weighted by Gasteiger charge is 2.24. The molecule has 0 aliphatic carbocycles. The maximum Gasteiger partial charge on any atom is 0.256 e. The molecule has 0 unspecified atom stereocenters. The van der Waals surface area contributed by atoms with Gasteiger partial charge in [0.2, 0.25) is 10.0 Å². The Morgan fingerprint density at radius 1 is 1.09 bits per heavy atom. The minimum Gasteiger partial charge on any atom is -0.361 e. The number of rotatable bonds is 9. The van der Waals surface area contributed by atoms with E-state index in [1.54, 1.807) is 45.0 Å². The molecule has 0 spiro atoms. The number of hydrogen-bond acceptors (Lipinski definition) is 6. The summed E-state index contributed by atoms with van der Waals surface area (Å²) >= 11 is 1.53. The Bertz CT molecular complexity index is 1230. The molecule has 0 aliphatic heterocycles. The first-order valence-electron chi connectivity index (χ1n) is 10.7. The van der Waals surface area contributed by atoms with E-state index in [-0.39, 0.29) is 10.8 Å². The van der Waals surface area contributed by atoms with Crippen molar-refractivity contribution in [1.29, 1.82) is 0 Å². The molecular formula is C24H29N3O4S2. The molecule has 0 saturated carbocycles. The first-order chi connectivity index (χ1) is 15.7. The van der Waals surface area contributed by atoms with Gasteiger partial charge in [0.25, 0.3) is 5.91 Å². The number of carbonyl (C=O) groups is 1. The predicted molar refractivity (Wildman–Crippen MR) is 131 cm³/mol. The Labute approximate surface area is 199 Å². The average Bonchev–Trinajstić information content (AvgIpc) is 3.11. The lowest BCUT2D eigenvalue weighted by molar-refractivity contribution is 0.102. The molecule has 1 aromatic heterocycles. The molecule has 1 N–H and O–H groups in total. The molecule has 2 aromatic carbocycles. The number of thioether (sulfide) groups is 1. The smallest absolute Gasteiger partial charge is 0.256 e. The number of aromatic nitrogens is 1. The third-order valence-corrected chi connectivity index (χ3v) is 8.75. The second-order valence-corrected chi connectivity index (χ2v) is 10.5. The number of carbonyl (C=O) groups excluding carboxylic acids is 1. The first kappa shape index (κ1) is 25.0. The molecule has 1 heterocycles. The lowest BCUT2D eigenvalue weighted by Gasteiger charge is -2.20. The van der Waals surface area contributed by atoms with E-state index in [0.29, 0.717) is 35.7 Å². The molecule has 0 saturated heterocycles. The van der Waals surface area contributed by atoms with Crippen molar-refractivity contribution >= 4 is 33.4 Å². The quantitative estimate of drug-likeness (QED) is 0.418. The van der Waals surface area contributed by atoms with E-state index in [4.69, 9.17) is 4.52 Å². The van der Waals surface area contributed by atoms with Crippen molar-refractivity contribution in [3.8, 4) is 0 Å². The second-order valence-electron chi connectivity index (χ2n) is 7.61. The van der Waals surface area contributed by atoms with Crippen LogP contribution in [0.15, 0.2) is 56.8 Å². The summed E-state index contributed by atoms with van der Waals surface area (Å²) in [7, 11) is -3.64. The Morgan fingerprint density at radius 3 is 2.42 bits per heavy atom. The van der Waals surface area contributed by atoms with Crippen LogP contribution in [0.2, 0.25) is 0 Å². The Morgan fingerprint density at radius 2 is 1.79 bits per heavy atom. The summed E-state index contributed by atoms with van der Waals surface area (Å²) in [5.41, 5.74) is 3.43. The van der Waals surface area contributed by atoms with Crippen LogP contribution >= 0.6 is 11.8 Å². The van der Waals surface area contributed by atoms with Crippen LogP contribution in [-0.2, 0) is 15.8 Å². The Hall–Kier alpha value is -2.62. The van der Waals surface area contributed by atoms with Crippen molar-refractivity contribution in [2.75, 3.05) is 18.4 Å². The number of nitrogens with zero attached hydrogens (tertiary/aromatic N) is 2. The molecule has 0 bridgehead atoms. The van der Waals surface area contributed by atoms with E-state index >= 15 is 0 Å². The summed E-state index contributed by atoms with van der Waals surface area (Å²) in [4.78, 5) is 14.1. The highest BCUT2D eigenvalue weighted by atomic mass is 32.2. The van der Waals surface area contributed by atoms with Gasteiger partial charge in [-0.25, -0.2) is 8.42 Å². The molecule has 3 rings (SSSR count). The topological polar surface area (TPSA) is 92.5 Å². The van der Waals surface area contributed by atoms with E-state index in [0.717, 1.165) is 21.9 Å². The monoisotopic (exact) mass is 487 g/mol. The summed E-state index contributed by atoms with van der Waals surface area (Å²) in [6, 6.07) is 12.3. The van der Waals surface area contributed by atoms with E-state index in [9.17, 15) is 13.2 Å². The van der Waals surface area contributed by atoms with E-state index < -0.39 is 10.0 Å². The molecule has 33 heavy (non-hydrogen) atoms. The van der Waals surface area contributed by atoms with Crippen molar-refractivity contribution in [2.24, 2.45) is 0 Å². The molecular weight excluding hydrogens is 458 g/mol. The molecule has 1 amide bonds. The van der Waals surface area contributed by atoms with Crippen LogP contribution < -0.4 is 5.32 Å². The zero-order chi connectivity index (χ0) is 24.2. The van der Waals surface area contributed by atoms with Crippen LogP contribution in [0.25, 0.3) is 0 Å². The van der Waals surface area contributed by atoms with Gasteiger partial charge in [0.05, 0.1) is 16.2 Å². The number of nitrogens with one attached hydrogen (secondary N) is 1. The number of aryl methyl sites for hydroxylation is 3. The van der Waals surface area contributed by atoms with Crippen LogP contribution in [0, 0.1) is 20.8 Å². The maximum absolute atomic E-state index is 13.1. The lowest BCUT2D eigenvalue weighted by atomic mass is 10.2. The van der Waals surface area contributed by atoms with Gasteiger partial charge in [0.1, 0.15) is 5.76 Å². The number of benzene rings is 2. The Balaban J connectivity index is 1.84. The molecule has 0 radical (unpaired) electrons. The summed E-state index contributed by atoms with van der Waals surface area (Å²) in [5, 5.41) is 6.84. The molecule has 0 atom stereocenters. The third-order valence-electron chi connectivity index (χ3n) is 5.45. The van der Waals surface area contributed by atoms with Gasteiger partial charge < -0.3 is 9.84 Å². The SMILES string of the molecule is CCN(CC)S(=O)(=O)c1cc(NC(=O)c2ccccc2SCc2c(C)noc2C)ccc1C. The predicted octanol–water partition coefficient (Wildman–Crippen LogP) is 5.17. The highest BCUT2D eigenvalue weighted by molar-refractivity contribution is 7.98. The average molecular weight is 488 g/mol. The van der Waals surface area contributed by atoms with Gasteiger partial charge >= 0.3 is 0 Å². The highest BCUT2D eigenvalue weighted by Crippen LogP contribution is 2.30. The second kappa shape index (κ2) is 10.5. The van der Waals surface area contributed by atoms with Crippen LogP contribution in [0.5, 0.6) is 0 Å². The van der Waals surface area contributed by atoms with Crippen LogP contribution in [0.1, 0.15) is 46.8 Å². The van der Waals surface area contributed by atoms with E-state index in [1.807, 2.05) is 26.0 Å². The minimum atomic E-state index is -3.64. The normalized spacial score (nSPS) is 11.7. The van der Waals surface area contributed by atoms with Gasteiger partial charge in [-0.05, 0) is 50.6 Å². The largest absolute Gasteiger partial charge is 0.361 e. The molecule has 0 fully saturated rings. The fraction of sp³-hybridized carbons (Fsp3) is 0.333. The van der Waals surface area contributed by atoms with Gasteiger partial charge in [-0.3, -0.25) is 4.79 Å². The standard InChI is InChI=1S/C24H29N3O4S2/c1-6-27(7-2)33(29,30)23-14-19(13-12-16(23)3)25-24(28)20-10-8-9-11-22(20)32-15-21-17(4)26-31-18(21)5/h8-14H,6-7,15H2,1-5H3,(H,25,28). The first-order valence-corrected chi connectivity index (χ1v) is 13.2.